The summed E-state index contributed by atoms with van der Waals surface area (Å²) in [7, 11) is 1.70. The van der Waals surface area contributed by atoms with Crippen LogP contribution in [0.15, 0.2) is 99.6 Å². The Bertz CT molecular complexity index is 829. The van der Waals surface area contributed by atoms with Crippen LogP contribution in [0.3, 0.4) is 0 Å². The summed E-state index contributed by atoms with van der Waals surface area (Å²) in [5, 5.41) is 0. The lowest BCUT2D eigenvalue weighted by Gasteiger charge is -2.30. The lowest BCUT2D eigenvalue weighted by atomic mass is 10.1. The van der Waals surface area contributed by atoms with Crippen LogP contribution < -0.4 is 0 Å². The van der Waals surface area contributed by atoms with Crippen molar-refractivity contribution in [2.75, 3.05) is 20.3 Å². The monoisotopic (exact) mass is 420 g/mol. The maximum atomic E-state index is 5.50. The molecule has 0 aliphatic rings. The zero-order chi connectivity index (χ0) is 21.2. The van der Waals surface area contributed by atoms with E-state index in [4.69, 9.17) is 4.74 Å². The largest absolute Gasteiger partial charge is 0.383 e. The summed E-state index contributed by atoms with van der Waals surface area (Å²) in [4.78, 5) is 6.67. The minimum atomic E-state index is -0.103. The molecule has 0 bridgehead atoms. The molecule has 0 saturated heterocycles. The molecule has 3 aromatic rings. The molecule has 0 spiro atoms. The van der Waals surface area contributed by atoms with Crippen LogP contribution in [0, 0.1) is 0 Å². The van der Waals surface area contributed by atoms with Gasteiger partial charge >= 0.3 is 0 Å². The second-order valence-electron chi connectivity index (χ2n) is 7.57. The first-order valence-electron chi connectivity index (χ1n) is 10.9. The zero-order valence-electron chi connectivity index (χ0n) is 18.5. The van der Waals surface area contributed by atoms with Gasteiger partial charge in [0.05, 0.1) is 17.5 Å². The number of benzene rings is 3. The third kappa shape index (κ3) is 5.98. The highest BCUT2D eigenvalue weighted by Crippen LogP contribution is 2.31. The van der Waals surface area contributed by atoms with E-state index in [0.29, 0.717) is 6.04 Å². The standard InChI is InChI=1S/C27H34NOS/c1-4-19-28(24(5-2)22-29-3)21-23-13-12-18-27(20-23)30(25-14-8-6-9-15-25)26-16-10-7-11-17-26/h6-18,20,24H,4-5,19,21-22H2,1-3H3/q+1. The topological polar surface area (TPSA) is 12.5 Å². The highest BCUT2D eigenvalue weighted by Gasteiger charge is 2.28. The third-order valence-corrected chi connectivity index (χ3v) is 7.55. The zero-order valence-corrected chi connectivity index (χ0v) is 19.3. The van der Waals surface area contributed by atoms with Crippen LogP contribution in [0.4, 0.5) is 0 Å². The van der Waals surface area contributed by atoms with Crippen molar-refractivity contribution in [1.29, 1.82) is 0 Å². The van der Waals surface area contributed by atoms with Gasteiger partial charge in [0.25, 0.3) is 0 Å². The van der Waals surface area contributed by atoms with E-state index in [0.717, 1.165) is 32.5 Å². The Kier molecular flexibility index (Phi) is 9.00. The first-order chi connectivity index (χ1) is 14.8. The van der Waals surface area contributed by atoms with Gasteiger partial charge in [0.1, 0.15) is 0 Å². The van der Waals surface area contributed by atoms with Crippen LogP contribution in [0.5, 0.6) is 0 Å². The molecule has 30 heavy (non-hydrogen) atoms. The van der Waals surface area contributed by atoms with Crippen LogP contribution >= 0.6 is 0 Å². The number of hydrogen-bond acceptors (Lipinski definition) is 2. The minimum absolute atomic E-state index is 0.103. The maximum Gasteiger partial charge on any atom is 0.166 e. The molecule has 3 rings (SSSR count). The molecule has 158 valence electrons. The van der Waals surface area contributed by atoms with E-state index in [9.17, 15) is 0 Å². The van der Waals surface area contributed by atoms with Crippen molar-refractivity contribution < 1.29 is 4.74 Å². The Morgan fingerprint density at radius 1 is 0.800 bits per heavy atom. The molecule has 1 unspecified atom stereocenters. The van der Waals surface area contributed by atoms with Crippen LogP contribution in [0.1, 0.15) is 32.3 Å². The predicted molar refractivity (Wildman–Crippen MR) is 128 cm³/mol. The Labute approximate surface area is 185 Å². The van der Waals surface area contributed by atoms with Crippen LogP contribution in [0.25, 0.3) is 0 Å². The fourth-order valence-electron chi connectivity index (χ4n) is 3.88. The van der Waals surface area contributed by atoms with Gasteiger partial charge in [-0.3, -0.25) is 4.90 Å². The molecule has 0 heterocycles. The molecule has 0 aliphatic heterocycles. The number of nitrogens with zero attached hydrogens (tertiary/aromatic N) is 1. The van der Waals surface area contributed by atoms with Crippen LogP contribution in [0.2, 0.25) is 0 Å². The number of methoxy groups -OCH3 is 1. The molecule has 0 saturated carbocycles. The normalized spacial score (nSPS) is 12.4. The van der Waals surface area contributed by atoms with Gasteiger partial charge in [0.2, 0.25) is 0 Å². The number of ether oxygens (including phenoxy) is 1. The lowest BCUT2D eigenvalue weighted by Crippen LogP contribution is -2.38. The average molecular weight is 421 g/mol. The average Bonchev–Trinajstić information content (AvgIpc) is 2.79. The molecule has 1 atom stereocenters. The summed E-state index contributed by atoms with van der Waals surface area (Å²) in [5.41, 5.74) is 1.37. The van der Waals surface area contributed by atoms with Crippen molar-refractivity contribution in [3.8, 4) is 0 Å². The van der Waals surface area contributed by atoms with E-state index in [1.54, 1.807) is 7.11 Å². The van der Waals surface area contributed by atoms with Gasteiger partial charge in [-0.15, -0.1) is 0 Å². The quantitative estimate of drug-likeness (QED) is 0.332. The highest BCUT2D eigenvalue weighted by atomic mass is 32.2. The van der Waals surface area contributed by atoms with Gasteiger partial charge < -0.3 is 4.74 Å². The summed E-state index contributed by atoms with van der Waals surface area (Å²) in [6.45, 7) is 7.35. The molecule has 3 aromatic carbocycles. The Morgan fingerprint density at radius 3 is 1.93 bits per heavy atom. The number of rotatable bonds is 11. The minimum Gasteiger partial charge on any atom is -0.383 e. The summed E-state index contributed by atoms with van der Waals surface area (Å²) in [6, 6.07) is 31.4. The highest BCUT2D eigenvalue weighted by molar-refractivity contribution is 7.97. The van der Waals surface area contributed by atoms with Gasteiger partial charge in [0.15, 0.2) is 14.7 Å². The summed E-state index contributed by atoms with van der Waals surface area (Å²) < 4.78 is 5.50. The summed E-state index contributed by atoms with van der Waals surface area (Å²) >= 11 is 0. The third-order valence-electron chi connectivity index (χ3n) is 5.34. The summed E-state index contributed by atoms with van der Waals surface area (Å²) in [6.07, 6.45) is 2.25. The van der Waals surface area contributed by atoms with E-state index in [1.807, 2.05) is 0 Å². The van der Waals surface area contributed by atoms with Gasteiger partial charge in [-0.2, -0.15) is 0 Å². The van der Waals surface area contributed by atoms with Gasteiger partial charge in [-0.05, 0) is 61.3 Å². The van der Waals surface area contributed by atoms with Crippen molar-refractivity contribution >= 4 is 10.9 Å². The Balaban J connectivity index is 1.93. The molecular weight excluding hydrogens is 386 g/mol. The lowest BCUT2D eigenvalue weighted by molar-refractivity contribution is 0.0824. The van der Waals surface area contributed by atoms with E-state index < -0.39 is 0 Å². The Morgan fingerprint density at radius 2 is 1.40 bits per heavy atom. The molecule has 3 heteroatoms. The SMILES string of the molecule is CCCN(Cc1cccc([S+](c2ccccc2)c2ccccc2)c1)C(CC)COC. The smallest absolute Gasteiger partial charge is 0.166 e. The van der Waals surface area contributed by atoms with Crippen LogP contribution in [-0.4, -0.2) is 31.2 Å². The fraction of sp³-hybridized carbons (Fsp3) is 0.333. The maximum absolute atomic E-state index is 5.50. The van der Waals surface area contributed by atoms with E-state index in [-0.39, 0.29) is 10.9 Å². The van der Waals surface area contributed by atoms with Crippen molar-refractivity contribution in [1.82, 2.24) is 4.90 Å². The fourth-order valence-corrected chi connectivity index (χ4v) is 6.04. The molecule has 0 radical (unpaired) electrons. The van der Waals surface area contributed by atoms with E-state index in [2.05, 4.69) is 104 Å². The molecule has 0 N–H and O–H groups in total. The van der Waals surface area contributed by atoms with Crippen LogP contribution in [-0.2, 0) is 22.2 Å². The second kappa shape index (κ2) is 11.9. The van der Waals surface area contributed by atoms with E-state index in [1.165, 1.54) is 20.2 Å². The second-order valence-corrected chi connectivity index (χ2v) is 9.59. The molecule has 2 nitrogen and oxygen atoms in total. The van der Waals surface area contributed by atoms with Gasteiger partial charge in [0, 0.05) is 19.7 Å². The Hall–Kier alpha value is -2.07. The van der Waals surface area contributed by atoms with Crippen molar-refractivity contribution in [3.63, 3.8) is 0 Å². The van der Waals surface area contributed by atoms with Crippen molar-refractivity contribution in [3.05, 3.63) is 90.5 Å². The molecule has 0 amide bonds. The van der Waals surface area contributed by atoms with Gasteiger partial charge in [-0.1, -0.05) is 62.4 Å². The molecule has 0 fully saturated rings. The molecule has 0 aliphatic carbocycles. The van der Waals surface area contributed by atoms with E-state index >= 15 is 0 Å². The number of hydrogen-bond donors (Lipinski definition) is 0. The molecular formula is C27H34NOS+. The van der Waals surface area contributed by atoms with Crippen molar-refractivity contribution in [2.24, 2.45) is 0 Å². The van der Waals surface area contributed by atoms with Gasteiger partial charge in [-0.25, -0.2) is 0 Å². The summed E-state index contributed by atoms with van der Waals surface area (Å²) in [5.74, 6) is 0. The van der Waals surface area contributed by atoms with Crippen molar-refractivity contribution in [2.45, 2.75) is 54.0 Å². The predicted octanol–water partition coefficient (Wildman–Crippen LogP) is 6.42. The molecule has 0 aromatic heterocycles. The first-order valence-corrected chi connectivity index (χ1v) is 12.2. The first kappa shape index (κ1) is 22.6.